The number of nitro groups is 1. The Morgan fingerprint density at radius 2 is 1.63 bits per heavy atom. The molecule has 8 heteroatoms. The lowest BCUT2D eigenvalue weighted by molar-refractivity contribution is -0.384. The monoisotopic (exact) mass is 375 g/mol. The Balaban J connectivity index is 1.55. The van der Waals surface area contributed by atoms with Crippen molar-refractivity contribution in [2.75, 3.05) is 38.2 Å². The Labute approximate surface area is 158 Å². The normalized spacial score (nSPS) is 19.0. The van der Waals surface area contributed by atoms with E-state index in [4.69, 9.17) is 4.74 Å². The average Bonchev–Trinajstić information content (AvgIpc) is 2.73. The molecule has 0 saturated carbocycles. The molecule has 0 aliphatic carbocycles. The van der Waals surface area contributed by atoms with E-state index in [2.05, 4.69) is 0 Å². The fourth-order valence-electron chi connectivity index (χ4n) is 4.01. The maximum atomic E-state index is 12.8. The van der Waals surface area contributed by atoms with Crippen LogP contribution < -0.4 is 4.90 Å². The van der Waals surface area contributed by atoms with Crippen LogP contribution in [0.5, 0.6) is 0 Å². The van der Waals surface area contributed by atoms with Gasteiger partial charge in [0.2, 0.25) is 5.91 Å². The molecule has 1 aromatic rings. The minimum Gasteiger partial charge on any atom is -0.469 e. The highest BCUT2D eigenvalue weighted by molar-refractivity contribution is 5.80. The van der Waals surface area contributed by atoms with Gasteiger partial charge in [0.05, 0.1) is 18.0 Å². The van der Waals surface area contributed by atoms with Gasteiger partial charge in [0.25, 0.3) is 5.69 Å². The number of ether oxygens (including phenoxy) is 1. The minimum atomic E-state index is -0.363. The first-order valence-corrected chi connectivity index (χ1v) is 9.36. The molecule has 0 bridgehead atoms. The third kappa shape index (κ3) is 4.20. The molecular formula is C19H25N3O5. The number of piperidine rings is 2. The Hall–Kier alpha value is -2.64. The first kappa shape index (κ1) is 19.1. The molecule has 0 aromatic heterocycles. The summed E-state index contributed by atoms with van der Waals surface area (Å²) in [5, 5.41) is 11.2. The first-order valence-electron chi connectivity index (χ1n) is 9.36. The summed E-state index contributed by atoms with van der Waals surface area (Å²) in [6, 6.07) is 6.73. The van der Waals surface area contributed by atoms with Crippen LogP contribution in [-0.4, -0.2) is 55.0 Å². The van der Waals surface area contributed by atoms with Crippen LogP contribution in [0.25, 0.3) is 0 Å². The molecule has 2 fully saturated rings. The Kier molecular flexibility index (Phi) is 5.93. The molecule has 146 valence electrons. The number of nitrogens with zero attached hydrogens (tertiary/aromatic N) is 3. The number of hydrogen-bond donors (Lipinski definition) is 0. The van der Waals surface area contributed by atoms with Gasteiger partial charge in [0.15, 0.2) is 0 Å². The van der Waals surface area contributed by atoms with Gasteiger partial charge >= 0.3 is 5.97 Å². The molecule has 1 amide bonds. The number of nitro benzene ring substituents is 1. The molecule has 0 unspecified atom stereocenters. The zero-order chi connectivity index (χ0) is 19.4. The van der Waals surface area contributed by atoms with Gasteiger partial charge in [0, 0.05) is 38.2 Å². The summed E-state index contributed by atoms with van der Waals surface area (Å²) in [6.07, 6.45) is 2.66. The molecule has 2 aliphatic rings. The van der Waals surface area contributed by atoms with Crippen molar-refractivity contribution in [2.45, 2.75) is 25.7 Å². The van der Waals surface area contributed by atoms with E-state index in [9.17, 15) is 19.7 Å². The van der Waals surface area contributed by atoms with Crippen molar-refractivity contribution < 1.29 is 19.2 Å². The lowest BCUT2D eigenvalue weighted by atomic mass is 9.92. The van der Waals surface area contributed by atoms with Gasteiger partial charge in [-0.25, -0.2) is 0 Å². The van der Waals surface area contributed by atoms with Crippen LogP contribution in [-0.2, 0) is 14.3 Å². The fourth-order valence-corrected chi connectivity index (χ4v) is 4.01. The lowest BCUT2D eigenvalue weighted by Gasteiger charge is -2.37. The van der Waals surface area contributed by atoms with E-state index >= 15 is 0 Å². The number of para-hydroxylation sites is 2. The van der Waals surface area contributed by atoms with Crippen molar-refractivity contribution in [1.82, 2.24) is 4.90 Å². The molecular weight excluding hydrogens is 350 g/mol. The molecule has 1 aromatic carbocycles. The van der Waals surface area contributed by atoms with Crippen LogP contribution in [0, 0.1) is 22.0 Å². The average molecular weight is 375 g/mol. The summed E-state index contributed by atoms with van der Waals surface area (Å²) < 4.78 is 4.79. The number of carbonyl (C=O) groups is 2. The van der Waals surface area contributed by atoms with Crippen molar-refractivity contribution >= 4 is 23.3 Å². The third-order valence-electron chi connectivity index (χ3n) is 5.60. The number of hydrogen-bond acceptors (Lipinski definition) is 6. The largest absolute Gasteiger partial charge is 0.469 e. The highest BCUT2D eigenvalue weighted by atomic mass is 16.6. The van der Waals surface area contributed by atoms with E-state index in [1.807, 2.05) is 9.80 Å². The number of carbonyl (C=O) groups excluding carboxylic acids is 2. The highest BCUT2D eigenvalue weighted by Crippen LogP contribution is 2.32. The van der Waals surface area contributed by atoms with Crippen molar-refractivity contribution in [2.24, 2.45) is 11.8 Å². The van der Waals surface area contributed by atoms with E-state index in [0.717, 1.165) is 0 Å². The predicted octanol–water partition coefficient (Wildman–Crippen LogP) is 2.22. The summed E-state index contributed by atoms with van der Waals surface area (Å²) in [4.78, 5) is 39.1. The van der Waals surface area contributed by atoms with E-state index < -0.39 is 0 Å². The zero-order valence-corrected chi connectivity index (χ0v) is 15.5. The quantitative estimate of drug-likeness (QED) is 0.455. The van der Waals surface area contributed by atoms with E-state index in [0.29, 0.717) is 57.5 Å². The number of methoxy groups -OCH3 is 1. The molecule has 27 heavy (non-hydrogen) atoms. The smallest absolute Gasteiger partial charge is 0.308 e. The summed E-state index contributed by atoms with van der Waals surface area (Å²) >= 11 is 0. The molecule has 2 heterocycles. The molecule has 0 radical (unpaired) electrons. The van der Waals surface area contributed by atoms with Gasteiger partial charge in [-0.15, -0.1) is 0 Å². The molecule has 8 nitrogen and oxygen atoms in total. The second-order valence-corrected chi connectivity index (χ2v) is 7.13. The van der Waals surface area contributed by atoms with Gasteiger partial charge in [-0.2, -0.15) is 0 Å². The van der Waals surface area contributed by atoms with Crippen molar-refractivity contribution in [3.8, 4) is 0 Å². The van der Waals surface area contributed by atoms with Gasteiger partial charge in [-0.1, -0.05) is 12.1 Å². The molecule has 0 N–H and O–H groups in total. The van der Waals surface area contributed by atoms with Crippen molar-refractivity contribution in [3.63, 3.8) is 0 Å². The minimum absolute atomic E-state index is 0.0568. The van der Waals surface area contributed by atoms with Crippen molar-refractivity contribution in [3.05, 3.63) is 34.4 Å². The lowest BCUT2D eigenvalue weighted by Crippen LogP contribution is -2.46. The van der Waals surface area contributed by atoms with Gasteiger partial charge in [-0.05, 0) is 31.7 Å². The molecule has 0 spiro atoms. The fraction of sp³-hybridized carbons (Fsp3) is 0.579. The number of benzene rings is 1. The SMILES string of the molecule is COC(=O)C1CCN(C(=O)C2CCN(c3ccccc3[N+](=O)[O-])CC2)CC1. The van der Waals surface area contributed by atoms with Crippen LogP contribution in [0.3, 0.4) is 0 Å². The van der Waals surface area contributed by atoms with Gasteiger partial charge in [-0.3, -0.25) is 19.7 Å². The Morgan fingerprint density at radius 1 is 1.04 bits per heavy atom. The van der Waals surface area contributed by atoms with Gasteiger partial charge < -0.3 is 14.5 Å². The van der Waals surface area contributed by atoms with E-state index in [-0.39, 0.29) is 34.3 Å². The van der Waals surface area contributed by atoms with Gasteiger partial charge in [0.1, 0.15) is 5.69 Å². The zero-order valence-electron chi connectivity index (χ0n) is 15.5. The molecule has 2 saturated heterocycles. The highest BCUT2D eigenvalue weighted by Gasteiger charge is 2.33. The van der Waals surface area contributed by atoms with Crippen LogP contribution in [0.15, 0.2) is 24.3 Å². The summed E-state index contributed by atoms with van der Waals surface area (Å²) in [7, 11) is 1.39. The number of amides is 1. The van der Waals surface area contributed by atoms with Crippen molar-refractivity contribution in [1.29, 1.82) is 0 Å². The van der Waals surface area contributed by atoms with Crippen LogP contribution >= 0.6 is 0 Å². The predicted molar refractivity (Wildman–Crippen MR) is 99.4 cm³/mol. The maximum Gasteiger partial charge on any atom is 0.308 e. The molecule has 0 atom stereocenters. The number of esters is 1. The summed E-state index contributed by atoms with van der Waals surface area (Å²) in [5.74, 6) is -0.224. The first-order chi connectivity index (χ1) is 13.0. The Bertz CT molecular complexity index is 707. The topological polar surface area (TPSA) is 93.0 Å². The summed E-state index contributed by atoms with van der Waals surface area (Å²) in [5.41, 5.74) is 0.722. The molecule has 3 rings (SSSR count). The standard InChI is InChI=1S/C19H25N3O5/c1-27-19(24)15-8-12-21(13-9-15)18(23)14-6-10-20(11-7-14)16-4-2-3-5-17(16)22(25)26/h2-5,14-15H,6-13H2,1H3. The number of rotatable bonds is 4. The molecule has 2 aliphatic heterocycles. The van der Waals surface area contributed by atoms with Crippen LogP contribution in [0.2, 0.25) is 0 Å². The second kappa shape index (κ2) is 8.37. The van der Waals surface area contributed by atoms with Crippen LogP contribution in [0.4, 0.5) is 11.4 Å². The summed E-state index contributed by atoms with van der Waals surface area (Å²) in [6.45, 7) is 2.42. The van der Waals surface area contributed by atoms with E-state index in [1.54, 1.807) is 18.2 Å². The number of likely N-dealkylation sites (tertiary alicyclic amines) is 1. The second-order valence-electron chi connectivity index (χ2n) is 7.13. The maximum absolute atomic E-state index is 12.8. The van der Waals surface area contributed by atoms with Crippen LogP contribution in [0.1, 0.15) is 25.7 Å². The Morgan fingerprint density at radius 3 is 2.22 bits per heavy atom. The third-order valence-corrected chi connectivity index (χ3v) is 5.60. The number of anilines is 1. The van der Waals surface area contributed by atoms with E-state index in [1.165, 1.54) is 13.2 Å².